The molecule has 1 N–H and O–H groups in total. The SMILES string of the molecule is CC1CCCCC1Nc1cc(F)c(Cl)cc1[N+](=O)[O-]. The molecular weight excluding hydrogens is 271 g/mol. The molecule has 0 saturated heterocycles. The number of halogens is 2. The Labute approximate surface area is 116 Å². The van der Waals surface area contributed by atoms with E-state index in [9.17, 15) is 14.5 Å². The molecule has 1 aliphatic carbocycles. The number of nitrogens with zero attached hydrogens (tertiary/aromatic N) is 1. The van der Waals surface area contributed by atoms with Gasteiger partial charge in [-0.25, -0.2) is 4.39 Å². The Hall–Kier alpha value is -1.36. The average Bonchev–Trinajstić information content (AvgIpc) is 2.36. The van der Waals surface area contributed by atoms with E-state index in [1.165, 1.54) is 6.42 Å². The molecule has 2 rings (SSSR count). The van der Waals surface area contributed by atoms with Gasteiger partial charge in [-0.3, -0.25) is 10.1 Å². The highest BCUT2D eigenvalue weighted by Crippen LogP contribution is 2.34. The van der Waals surface area contributed by atoms with Crippen LogP contribution in [-0.2, 0) is 0 Å². The number of nitro groups is 1. The third-order valence-electron chi connectivity index (χ3n) is 3.69. The quantitative estimate of drug-likeness (QED) is 0.663. The van der Waals surface area contributed by atoms with E-state index >= 15 is 0 Å². The fourth-order valence-corrected chi connectivity index (χ4v) is 2.69. The minimum atomic E-state index is -0.641. The van der Waals surface area contributed by atoms with Crippen molar-refractivity contribution in [2.75, 3.05) is 5.32 Å². The number of hydrogen-bond donors (Lipinski definition) is 1. The lowest BCUT2D eigenvalue weighted by Crippen LogP contribution is -2.30. The molecule has 0 heterocycles. The number of anilines is 1. The molecule has 1 aromatic rings. The van der Waals surface area contributed by atoms with Crippen molar-refractivity contribution in [3.63, 3.8) is 0 Å². The lowest BCUT2D eigenvalue weighted by Gasteiger charge is -2.30. The maximum absolute atomic E-state index is 13.5. The molecule has 1 fully saturated rings. The normalized spacial score (nSPS) is 23.1. The molecule has 1 aliphatic rings. The minimum absolute atomic E-state index is 0.146. The first kappa shape index (κ1) is 14.1. The van der Waals surface area contributed by atoms with Crippen LogP contribution in [0.5, 0.6) is 0 Å². The molecule has 0 radical (unpaired) electrons. The van der Waals surface area contributed by atoms with Crippen molar-refractivity contribution in [1.82, 2.24) is 0 Å². The summed E-state index contributed by atoms with van der Waals surface area (Å²) >= 11 is 5.59. The number of hydrogen-bond acceptors (Lipinski definition) is 3. The maximum atomic E-state index is 13.5. The Balaban J connectivity index is 2.27. The van der Waals surface area contributed by atoms with Gasteiger partial charge in [0.2, 0.25) is 0 Å². The standard InChI is InChI=1S/C13H16ClFN2O2/c1-8-4-2-3-5-11(8)16-12-7-10(15)9(14)6-13(12)17(18)19/h6-8,11,16H,2-5H2,1H3. The van der Waals surface area contributed by atoms with Crippen LogP contribution in [0.2, 0.25) is 5.02 Å². The molecule has 0 bridgehead atoms. The van der Waals surface area contributed by atoms with Gasteiger partial charge in [0.1, 0.15) is 11.5 Å². The molecule has 0 spiro atoms. The Bertz CT molecular complexity index is 496. The van der Waals surface area contributed by atoms with Crippen molar-refractivity contribution in [1.29, 1.82) is 0 Å². The van der Waals surface area contributed by atoms with Gasteiger partial charge in [-0.1, -0.05) is 31.4 Å². The van der Waals surface area contributed by atoms with E-state index in [-0.39, 0.29) is 22.4 Å². The van der Waals surface area contributed by atoms with Crippen LogP contribution in [0.25, 0.3) is 0 Å². The van der Waals surface area contributed by atoms with E-state index in [0.717, 1.165) is 31.4 Å². The van der Waals surface area contributed by atoms with Gasteiger partial charge < -0.3 is 5.32 Å². The Kier molecular flexibility index (Phi) is 4.24. The van der Waals surface area contributed by atoms with Gasteiger partial charge in [0, 0.05) is 18.2 Å². The molecule has 1 aromatic carbocycles. The second-order valence-corrected chi connectivity index (χ2v) is 5.46. The third-order valence-corrected chi connectivity index (χ3v) is 3.98. The summed E-state index contributed by atoms with van der Waals surface area (Å²) in [4.78, 5) is 10.5. The lowest BCUT2D eigenvalue weighted by atomic mass is 9.86. The van der Waals surface area contributed by atoms with Crippen LogP contribution in [0.3, 0.4) is 0 Å². The molecule has 2 atom stereocenters. The van der Waals surface area contributed by atoms with Crippen molar-refractivity contribution >= 4 is 23.0 Å². The number of rotatable bonds is 3. The van der Waals surface area contributed by atoms with Crippen LogP contribution in [-0.4, -0.2) is 11.0 Å². The second kappa shape index (κ2) is 5.74. The lowest BCUT2D eigenvalue weighted by molar-refractivity contribution is -0.384. The monoisotopic (exact) mass is 286 g/mol. The second-order valence-electron chi connectivity index (χ2n) is 5.05. The van der Waals surface area contributed by atoms with E-state index in [1.54, 1.807) is 0 Å². The Morgan fingerprint density at radius 2 is 2.11 bits per heavy atom. The largest absolute Gasteiger partial charge is 0.376 e. The van der Waals surface area contributed by atoms with Gasteiger partial charge in [-0.15, -0.1) is 0 Å². The van der Waals surface area contributed by atoms with E-state index in [2.05, 4.69) is 12.2 Å². The van der Waals surface area contributed by atoms with Crippen molar-refractivity contribution in [2.45, 2.75) is 38.6 Å². The van der Waals surface area contributed by atoms with E-state index in [0.29, 0.717) is 5.92 Å². The predicted octanol–water partition coefficient (Wildman–Crippen LogP) is 4.38. The summed E-state index contributed by atoms with van der Waals surface area (Å²) in [6.07, 6.45) is 4.30. The van der Waals surface area contributed by atoms with Crippen molar-refractivity contribution in [2.24, 2.45) is 5.92 Å². The van der Waals surface area contributed by atoms with Crippen LogP contribution < -0.4 is 5.32 Å². The Morgan fingerprint density at radius 1 is 1.42 bits per heavy atom. The van der Waals surface area contributed by atoms with Crippen molar-refractivity contribution < 1.29 is 9.31 Å². The number of nitro benzene ring substituents is 1. The highest BCUT2D eigenvalue weighted by molar-refractivity contribution is 6.31. The number of nitrogens with one attached hydrogen (secondary N) is 1. The highest BCUT2D eigenvalue weighted by atomic mass is 35.5. The van der Waals surface area contributed by atoms with Crippen molar-refractivity contribution in [3.8, 4) is 0 Å². The van der Waals surface area contributed by atoms with Gasteiger partial charge in [0.05, 0.1) is 9.95 Å². The first-order valence-electron chi connectivity index (χ1n) is 6.39. The molecular formula is C13H16ClFN2O2. The van der Waals surface area contributed by atoms with Crippen LogP contribution in [0.4, 0.5) is 15.8 Å². The Morgan fingerprint density at radius 3 is 2.74 bits per heavy atom. The molecule has 2 unspecified atom stereocenters. The molecule has 6 heteroatoms. The third kappa shape index (κ3) is 3.15. The summed E-state index contributed by atoms with van der Waals surface area (Å²) in [7, 11) is 0. The van der Waals surface area contributed by atoms with Gasteiger partial charge in [0.15, 0.2) is 0 Å². The molecule has 0 aromatic heterocycles. The van der Waals surface area contributed by atoms with E-state index in [4.69, 9.17) is 11.6 Å². The summed E-state index contributed by atoms with van der Waals surface area (Å²) < 4.78 is 13.5. The summed E-state index contributed by atoms with van der Waals surface area (Å²) in [5.74, 6) is -0.217. The van der Waals surface area contributed by atoms with Crippen molar-refractivity contribution in [3.05, 3.63) is 33.1 Å². The van der Waals surface area contributed by atoms with E-state index < -0.39 is 10.7 Å². The summed E-state index contributed by atoms with van der Waals surface area (Å²) in [6, 6.07) is 2.32. The highest BCUT2D eigenvalue weighted by Gasteiger charge is 2.25. The first-order valence-corrected chi connectivity index (χ1v) is 6.77. The fourth-order valence-electron chi connectivity index (χ4n) is 2.53. The summed E-state index contributed by atoms with van der Waals surface area (Å²) in [5, 5.41) is 13.9. The zero-order valence-corrected chi connectivity index (χ0v) is 11.4. The van der Waals surface area contributed by atoms with Gasteiger partial charge in [-0.2, -0.15) is 0 Å². The van der Waals surface area contributed by atoms with Gasteiger partial charge in [0.25, 0.3) is 5.69 Å². The summed E-state index contributed by atoms with van der Waals surface area (Å²) in [6.45, 7) is 2.11. The first-order chi connectivity index (χ1) is 8.99. The topological polar surface area (TPSA) is 55.2 Å². The zero-order chi connectivity index (χ0) is 14.0. The van der Waals surface area contributed by atoms with Crippen LogP contribution in [0.15, 0.2) is 12.1 Å². The number of benzene rings is 1. The van der Waals surface area contributed by atoms with Gasteiger partial charge in [-0.05, 0) is 18.8 Å². The van der Waals surface area contributed by atoms with Gasteiger partial charge >= 0.3 is 0 Å². The van der Waals surface area contributed by atoms with Crippen LogP contribution in [0.1, 0.15) is 32.6 Å². The van der Waals surface area contributed by atoms with Crippen LogP contribution >= 0.6 is 11.6 Å². The molecule has 0 aliphatic heterocycles. The molecule has 4 nitrogen and oxygen atoms in total. The predicted molar refractivity (Wildman–Crippen MR) is 73.1 cm³/mol. The van der Waals surface area contributed by atoms with E-state index in [1.807, 2.05) is 0 Å². The molecule has 0 amide bonds. The van der Waals surface area contributed by atoms with Crippen LogP contribution in [0, 0.1) is 21.8 Å². The zero-order valence-electron chi connectivity index (χ0n) is 10.7. The molecule has 1 saturated carbocycles. The smallest absolute Gasteiger partial charge is 0.294 e. The molecule has 104 valence electrons. The fraction of sp³-hybridized carbons (Fsp3) is 0.538. The minimum Gasteiger partial charge on any atom is -0.376 e. The molecule has 19 heavy (non-hydrogen) atoms. The maximum Gasteiger partial charge on any atom is 0.294 e. The summed E-state index contributed by atoms with van der Waals surface area (Å²) in [5.41, 5.74) is 0.0369. The average molecular weight is 287 g/mol.